The van der Waals surface area contributed by atoms with Crippen molar-refractivity contribution < 1.29 is 14.1 Å². The third-order valence-corrected chi connectivity index (χ3v) is 5.77. The third kappa shape index (κ3) is 2.92. The maximum Gasteiger partial charge on any atom is 0.336 e. The van der Waals surface area contributed by atoms with Crippen molar-refractivity contribution in [1.82, 2.24) is 4.57 Å². The lowest BCUT2D eigenvalue weighted by atomic mass is 9.60. The largest absolute Gasteiger partial charge is 0.455 e. The lowest BCUT2D eigenvalue weighted by molar-refractivity contribution is -0.652. The quantitative estimate of drug-likeness (QED) is 0.481. The van der Waals surface area contributed by atoms with Crippen molar-refractivity contribution in [2.45, 2.75) is 40.2 Å². The van der Waals surface area contributed by atoms with Crippen molar-refractivity contribution in [3.8, 4) is 0 Å². The summed E-state index contributed by atoms with van der Waals surface area (Å²) in [6, 6.07) is 4.29. The van der Waals surface area contributed by atoms with Gasteiger partial charge in [0.1, 0.15) is 19.7 Å². The molecule has 0 bridgehead atoms. The summed E-state index contributed by atoms with van der Waals surface area (Å²) < 4.78 is 10.1. The number of carbonyl (C=O) groups is 1. The molecule has 1 aliphatic heterocycles. The minimum Gasteiger partial charge on any atom is -0.455 e. The standard InChI is InChI=1S/C20H27BN2O2/c1-12-10-13(2)15(14(3)11-12)16-17(20(4,5)25-18(16)24)21-19-22(6)8-9-23(19)7/h8-11H,21H2,1-7H3. The van der Waals surface area contributed by atoms with Gasteiger partial charge in [-0.2, -0.15) is 5.47 Å². The van der Waals surface area contributed by atoms with Crippen LogP contribution in [0.25, 0.3) is 5.57 Å². The van der Waals surface area contributed by atoms with Crippen LogP contribution in [0, 0.1) is 20.8 Å². The van der Waals surface area contributed by atoms with Gasteiger partial charge in [-0.3, -0.25) is 9.13 Å². The zero-order valence-electron chi connectivity index (χ0n) is 16.5. The van der Waals surface area contributed by atoms with Crippen molar-refractivity contribution in [3.63, 3.8) is 0 Å². The number of cyclic esters (lactones) is 1. The molecule has 0 unspecified atom stereocenters. The number of aromatic nitrogens is 2. The van der Waals surface area contributed by atoms with E-state index >= 15 is 0 Å². The summed E-state index contributed by atoms with van der Waals surface area (Å²) in [7, 11) is 3.42. The third-order valence-electron chi connectivity index (χ3n) is 5.77. The Morgan fingerprint density at radius 3 is 2.28 bits per heavy atom. The predicted molar refractivity (Wildman–Crippen MR) is 103 cm³/mol. The topological polar surface area (TPSA) is 35.1 Å². The Bertz CT molecular complexity index is 864. The molecule has 0 spiro atoms. The molecule has 0 saturated carbocycles. The molecule has 132 valence electrons. The van der Waals surface area contributed by atoms with Crippen LogP contribution in [0.4, 0.5) is 0 Å². The number of esters is 1. The number of imidazole rings is 1. The Balaban J connectivity index is 2.24. The van der Waals surface area contributed by atoms with Crippen LogP contribution < -0.4 is 10.3 Å². The molecule has 1 aromatic carbocycles. The van der Waals surface area contributed by atoms with Crippen LogP contribution in [-0.2, 0) is 23.6 Å². The van der Waals surface area contributed by atoms with E-state index in [0.717, 1.165) is 22.3 Å². The van der Waals surface area contributed by atoms with Gasteiger partial charge in [-0.25, -0.2) is 4.79 Å². The maximum atomic E-state index is 12.8. The highest BCUT2D eigenvalue weighted by molar-refractivity contribution is 6.62. The number of aryl methyl sites for hydroxylation is 5. The van der Waals surface area contributed by atoms with E-state index in [2.05, 4.69) is 68.5 Å². The van der Waals surface area contributed by atoms with Gasteiger partial charge in [0.2, 0.25) is 0 Å². The Kier molecular flexibility index (Phi) is 4.14. The molecule has 0 N–H and O–H groups in total. The van der Waals surface area contributed by atoms with E-state index in [1.165, 1.54) is 16.8 Å². The van der Waals surface area contributed by atoms with Gasteiger partial charge in [-0.05, 0) is 51.3 Å². The molecule has 25 heavy (non-hydrogen) atoms. The number of ether oxygens (including phenoxy) is 1. The average Bonchev–Trinajstić information content (AvgIpc) is 2.89. The molecule has 1 aromatic heterocycles. The van der Waals surface area contributed by atoms with E-state index in [-0.39, 0.29) is 5.97 Å². The fourth-order valence-corrected chi connectivity index (χ4v) is 4.34. The second-order valence-corrected chi connectivity index (χ2v) is 7.99. The molecule has 0 atom stereocenters. The van der Waals surface area contributed by atoms with Crippen molar-refractivity contribution >= 4 is 24.5 Å². The summed E-state index contributed by atoms with van der Waals surface area (Å²) >= 11 is 0. The van der Waals surface area contributed by atoms with E-state index in [4.69, 9.17) is 4.74 Å². The van der Waals surface area contributed by atoms with E-state index in [1.54, 1.807) is 0 Å². The maximum absolute atomic E-state index is 12.8. The van der Waals surface area contributed by atoms with Crippen LogP contribution in [0.15, 0.2) is 30.0 Å². The highest BCUT2D eigenvalue weighted by atomic mass is 16.6. The highest BCUT2D eigenvalue weighted by Gasteiger charge is 2.38. The van der Waals surface area contributed by atoms with Crippen LogP contribution in [0.5, 0.6) is 0 Å². The fraction of sp³-hybridized carbons (Fsp3) is 0.400. The van der Waals surface area contributed by atoms with Gasteiger partial charge in [0, 0.05) is 5.57 Å². The molecule has 2 heterocycles. The highest BCUT2D eigenvalue weighted by Crippen LogP contribution is 2.39. The molecule has 0 radical (unpaired) electrons. The monoisotopic (exact) mass is 338 g/mol. The summed E-state index contributed by atoms with van der Waals surface area (Å²) in [5.41, 5.74) is 7.23. The van der Waals surface area contributed by atoms with E-state index in [0.29, 0.717) is 0 Å². The van der Waals surface area contributed by atoms with Crippen molar-refractivity contribution in [2.24, 2.45) is 14.1 Å². The molecule has 0 saturated heterocycles. The number of hydrogen-bond donors (Lipinski definition) is 0. The van der Waals surface area contributed by atoms with Crippen LogP contribution in [0.1, 0.15) is 36.1 Å². The van der Waals surface area contributed by atoms with E-state index in [1.807, 2.05) is 13.8 Å². The summed E-state index contributed by atoms with van der Waals surface area (Å²) in [4.78, 5) is 12.8. The van der Waals surface area contributed by atoms with Gasteiger partial charge in [-0.15, -0.1) is 0 Å². The van der Waals surface area contributed by atoms with Gasteiger partial charge in [-0.1, -0.05) is 17.7 Å². The zero-order valence-corrected chi connectivity index (χ0v) is 16.5. The Labute approximate surface area is 150 Å². The van der Waals surface area contributed by atoms with Gasteiger partial charge in [0.25, 0.3) is 0 Å². The van der Waals surface area contributed by atoms with Crippen LogP contribution in [0.3, 0.4) is 0 Å². The van der Waals surface area contributed by atoms with Gasteiger partial charge >= 0.3 is 5.97 Å². The number of rotatable bonds is 3. The number of benzene rings is 1. The summed E-state index contributed by atoms with van der Waals surface area (Å²) in [5.74, 6) is -0.185. The van der Waals surface area contributed by atoms with Crippen molar-refractivity contribution in [1.29, 1.82) is 0 Å². The first-order chi connectivity index (χ1) is 11.6. The average molecular weight is 338 g/mol. The van der Waals surface area contributed by atoms with Gasteiger partial charge < -0.3 is 4.74 Å². The normalized spacial score (nSPS) is 16.5. The Morgan fingerprint density at radius 2 is 1.76 bits per heavy atom. The fourth-order valence-electron chi connectivity index (χ4n) is 4.34. The molecule has 3 rings (SSSR count). The summed E-state index contributed by atoms with van der Waals surface area (Å²) in [6.07, 6.45) is 4.12. The lowest BCUT2D eigenvalue weighted by Gasteiger charge is -2.25. The molecule has 0 fully saturated rings. The molecular formula is C20H27BN2O2. The Hall–Kier alpha value is -2.30. The second-order valence-electron chi connectivity index (χ2n) is 7.99. The first-order valence-corrected chi connectivity index (χ1v) is 8.96. The SMILES string of the molecule is Cc1cc(C)c(C2=C([BH2-]c3n(C)cc[n+]3C)C(C)(C)OC2=O)c(C)c1. The first-order valence-electron chi connectivity index (χ1n) is 8.96. The van der Waals surface area contributed by atoms with Gasteiger partial charge in [0.05, 0.1) is 25.4 Å². The number of hydrogen-bond acceptors (Lipinski definition) is 2. The molecule has 0 amide bonds. The van der Waals surface area contributed by atoms with Crippen LogP contribution in [-0.4, -0.2) is 23.4 Å². The van der Waals surface area contributed by atoms with Crippen molar-refractivity contribution in [2.75, 3.05) is 0 Å². The smallest absolute Gasteiger partial charge is 0.336 e. The summed E-state index contributed by atoms with van der Waals surface area (Å²) in [6.45, 7) is 10.3. The Morgan fingerprint density at radius 1 is 1.16 bits per heavy atom. The van der Waals surface area contributed by atoms with Crippen LogP contribution in [0.2, 0.25) is 0 Å². The molecule has 4 nitrogen and oxygen atoms in total. The second kappa shape index (κ2) is 5.90. The summed E-state index contributed by atoms with van der Waals surface area (Å²) in [5, 5.41) is 0. The van der Waals surface area contributed by atoms with Crippen molar-refractivity contribution in [3.05, 3.63) is 52.3 Å². The minimum atomic E-state index is -0.706. The molecule has 2 aromatic rings. The minimum absolute atomic E-state index is 0.185. The van der Waals surface area contributed by atoms with Crippen LogP contribution >= 0.6 is 0 Å². The molecule has 0 aliphatic carbocycles. The molecule has 1 aliphatic rings. The number of nitrogens with zero attached hydrogens (tertiary/aromatic N) is 2. The zero-order chi connectivity index (χ0) is 18.5. The lowest BCUT2D eigenvalue weighted by Crippen LogP contribution is -2.51. The van der Waals surface area contributed by atoms with Gasteiger partial charge in [0.15, 0.2) is 0 Å². The van der Waals surface area contributed by atoms with E-state index < -0.39 is 12.9 Å². The molecule has 5 heteroatoms. The first kappa shape index (κ1) is 17.5. The predicted octanol–water partition coefficient (Wildman–Crippen LogP) is 1.32. The molecular weight excluding hydrogens is 311 g/mol. The van der Waals surface area contributed by atoms with E-state index in [9.17, 15) is 4.79 Å². The number of carbonyl (C=O) groups excluding carboxylic acids is 1.